The summed E-state index contributed by atoms with van der Waals surface area (Å²) >= 11 is 3.47. The molecule has 1 aliphatic rings. The molecule has 1 heterocycles. The molecule has 4 nitrogen and oxygen atoms in total. The molecule has 18 heavy (non-hydrogen) atoms. The van der Waals surface area contributed by atoms with Gasteiger partial charge >= 0.3 is 6.09 Å². The van der Waals surface area contributed by atoms with E-state index in [0.717, 1.165) is 30.4 Å². The van der Waals surface area contributed by atoms with E-state index in [1.54, 1.807) is 0 Å². The van der Waals surface area contributed by atoms with E-state index in [1.807, 2.05) is 19.1 Å². The monoisotopic (exact) mass is 312 g/mol. The molecule has 1 aromatic rings. The lowest BCUT2D eigenvalue weighted by Crippen LogP contribution is -2.53. The highest BCUT2D eigenvalue weighted by Crippen LogP contribution is 2.27. The van der Waals surface area contributed by atoms with Crippen molar-refractivity contribution in [1.82, 2.24) is 5.32 Å². The highest BCUT2D eigenvalue weighted by molar-refractivity contribution is 9.10. The van der Waals surface area contributed by atoms with Crippen LogP contribution in [0.25, 0.3) is 0 Å². The number of hydrogen-bond acceptors (Lipinski definition) is 2. The second kappa shape index (κ2) is 5.18. The number of piperidine rings is 1. The van der Waals surface area contributed by atoms with Gasteiger partial charge < -0.3 is 15.3 Å². The summed E-state index contributed by atoms with van der Waals surface area (Å²) < 4.78 is 1.07. The van der Waals surface area contributed by atoms with Crippen molar-refractivity contribution in [1.29, 1.82) is 0 Å². The number of hydrogen-bond donors (Lipinski definition) is 2. The van der Waals surface area contributed by atoms with Gasteiger partial charge in [0.2, 0.25) is 0 Å². The molecule has 2 rings (SSSR count). The minimum atomic E-state index is -0.937. The highest BCUT2D eigenvalue weighted by atomic mass is 79.9. The summed E-state index contributed by atoms with van der Waals surface area (Å²) in [6.45, 7) is 3.71. The number of anilines is 1. The molecule has 2 N–H and O–H groups in total. The number of carboxylic acid groups (broad SMARTS) is 1. The average Bonchev–Trinajstić information content (AvgIpc) is 2.28. The lowest BCUT2D eigenvalue weighted by molar-refractivity contribution is 0.173. The van der Waals surface area contributed by atoms with Crippen LogP contribution in [0.1, 0.15) is 19.8 Å². The zero-order valence-corrected chi connectivity index (χ0v) is 11.9. The number of nitrogens with zero attached hydrogens (tertiary/aromatic N) is 1. The Kier molecular flexibility index (Phi) is 3.80. The molecule has 0 saturated carbocycles. The minimum absolute atomic E-state index is 0.297. The third kappa shape index (κ3) is 3.16. The smallest absolute Gasteiger partial charge is 0.405 e. The third-order valence-electron chi connectivity index (χ3n) is 3.45. The Morgan fingerprint density at radius 3 is 2.67 bits per heavy atom. The van der Waals surface area contributed by atoms with E-state index in [1.165, 1.54) is 5.69 Å². The molecule has 98 valence electrons. The topological polar surface area (TPSA) is 52.6 Å². The molecule has 0 aromatic heterocycles. The average molecular weight is 313 g/mol. The van der Waals surface area contributed by atoms with E-state index in [0.29, 0.717) is 0 Å². The molecule has 0 atom stereocenters. The summed E-state index contributed by atoms with van der Waals surface area (Å²) in [6.07, 6.45) is 0.714. The van der Waals surface area contributed by atoms with Crippen molar-refractivity contribution in [3.8, 4) is 0 Å². The first-order valence-electron chi connectivity index (χ1n) is 6.00. The van der Waals surface area contributed by atoms with Crippen LogP contribution in [-0.4, -0.2) is 29.8 Å². The van der Waals surface area contributed by atoms with Gasteiger partial charge in [-0.15, -0.1) is 0 Å². The van der Waals surface area contributed by atoms with Crippen LogP contribution in [0.15, 0.2) is 28.7 Å². The summed E-state index contributed by atoms with van der Waals surface area (Å²) in [4.78, 5) is 13.0. The largest absolute Gasteiger partial charge is 0.465 e. The summed E-state index contributed by atoms with van der Waals surface area (Å²) in [6, 6.07) is 8.19. The molecule has 0 unspecified atom stereocenters. The van der Waals surface area contributed by atoms with Gasteiger partial charge in [-0.2, -0.15) is 0 Å². The van der Waals surface area contributed by atoms with Crippen LogP contribution in [0, 0.1) is 0 Å². The first-order valence-corrected chi connectivity index (χ1v) is 6.79. The SMILES string of the molecule is CC1(NC(=O)O)CCN(c2cccc(Br)c2)CC1. The van der Waals surface area contributed by atoms with E-state index in [-0.39, 0.29) is 5.54 Å². The number of nitrogens with one attached hydrogen (secondary N) is 1. The summed E-state index contributed by atoms with van der Waals surface area (Å²) in [5.41, 5.74) is 0.885. The maximum absolute atomic E-state index is 10.7. The standard InChI is InChI=1S/C13H17BrN2O2/c1-13(15-12(17)18)5-7-16(8-6-13)11-4-2-3-10(14)9-11/h2-4,9,15H,5-8H2,1H3,(H,17,18). The molecule has 0 bridgehead atoms. The molecule has 5 heteroatoms. The highest BCUT2D eigenvalue weighted by Gasteiger charge is 2.31. The molecule has 1 fully saturated rings. The van der Waals surface area contributed by atoms with Crippen molar-refractivity contribution < 1.29 is 9.90 Å². The van der Waals surface area contributed by atoms with Gasteiger partial charge in [0.15, 0.2) is 0 Å². The number of carbonyl (C=O) groups is 1. The van der Waals surface area contributed by atoms with Crippen LogP contribution < -0.4 is 10.2 Å². The molecule has 1 saturated heterocycles. The van der Waals surface area contributed by atoms with Gasteiger partial charge in [0.25, 0.3) is 0 Å². The summed E-state index contributed by atoms with van der Waals surface area (Å²) in [7, 11) is 0. The molecular formula is C13H17BrN2O2. The quantitative estimate of drug-likeness (QED) is 0.882. The molecule has 1 aliphatic heterocycles. The molecule has 1 aromatic carbocycles. The van der Waals surface area contributed by atoms with Crippen LogP contribution >= 0.6 is 15.9 Å². The van der Waals surface area contributed by atoms with Gasteiger partial charge in [-0.05, 0) is 38.0 Å². The Balaban J connectivity index is 2.00. The van der Waals surface area contributed by atoms with E-state index in [2.05, 4.69) is 38.3 Å². The zero-order chi connectivity index (χ0) is 13.2. The van der Waals surface area contributed by atoms with Crippen LogP contribution in [0.5, 0.6) is 0 Å². The Hall–Kier alpha value is -1.23. The van der Waals surface area contributed by atoms with Crippen LogP contribution in [0.4, 0.5) is 10.5 Å². The zero-order valence-electron chi connectivity index (χ0n) is 10.3. The molecule has 0 spiro atoms. The minimum Gasteiger partial charge on any atom is -0.465 e. The van der Waals surface area contributed by atoms with Crippen molar-refractivity contribution in [3.63, 3.8) is 0 Å². The van der Waals surface area contributed by atoms with Gasteiger partial charge in [-0.25, -0.2) is 4.79 Å². The van der Waals surface area contributed by atoms with Crippen molar-refractivity contribution in [2.24, 2.45) is 0 Å². The van der Waals surface area contributed by atoms with Crippen LogP contribution in [0.3, 0.4) is 0 Å². The Labute approximate surface area is 115 Å². The van der Waals surface area contributed by atoms with Gasteiger partial charge in [-0.3, -0.25) is 0 Å². The van der Waals surface area contributed by atoms with Gasteiger partial charge in [-0.1, -0.05) is 22.0 Å². The maximum atomic E-state index is 10.7. The van der Waals surface area contributed by atoms with Crippen LogP contribution in [0.2, 0.25) is 0 Å². The fourth-order valence-corrected chi connectivity index (χ4v) is 2.70. The lowest BCUT2D eigenvalue weighted by atomic mass is 9.89. The summed E-state index contributed by atoms with van der Waals surface area (Å²) in [5, 5.41) is 11.4. The van der Waals surface area contributed by atoms with Gasteiger partial charge in [0.05, 0.1) is 0 Å². The van der Waals surface area contributed by atoms with E-state index in [9.17, 15) is 4.79 Å². The second-order valence-corrected chi connectivity index (χ2v) is 5.87. The van der Waals surface area contributed by atoms with E-state index in [4.69, 9.17) is 5.11 Å². The lowest BCUT2D eigenvalue weighted by Gasteiger charge is -2.40. The Bertz CT molecular complexity index is 442. The normalized spacial score (nSPS) is 18.4. The predicted octanol–water partition coefficient (Wildman–Crippen LogP) is 3.08. The molecule has 1 amide bonds. The third-order valence-corrected chi connectivity index (χ3v) is 3.94. The fraction of sp³-hybridized carbons (Fsp3) is 0.462. The van der Waals surface area contributed by atoms with Crippen LogP contribution in [-0.2, 0) is 0 Å². The number of amides is 1. The predicted molar refractivity (Wildman–Crippen MR) is 75.2 cm³/mol. The Morgan fingerprint density at radius 1 is 1.44 bits per heavy atom. The number of rotatable bonds is 2. The molecular weight excluding hydrogens is 296 g/mol. The van der Waals surface area contributed by atoms with E-state index < -0.39 is 6.09 Å². The number of halogens is 1. The van der Waals surface area contributed by atoms with Crippen molar-refractivity contribution in [2.45, 2.75) is 25.3 Å². The molecule has 0 aliphatic carbocycles. The van der Waals surface area contributed by atoms with E-state index >= 15 is 0 Å². The van der Waals surface area contributed by atoms with Crippen molar-refractivity contribution in [2.75, 3.05) is 18.0 Å². The fourth-order valence-electron chi connectivity index (χ4n) is 2.31. The first-order chi connectivity index (χ1) is 8.48. The second-order valence-electron chi connectivity index (χ2n) is 4.96. The molecule has 0 radical (unpaired) electrons. The van der Waals surface area contributed by atoms with Crippen molar-refractivity contribution >= 4 is 27.7 Å². The maximum Gasteiger partial charge on any atom is 0.405 e. The van der Waals surface area contributed by atoms with Gasteiger partial charge in [0, 0.05) is 28.8 Å². The summed E-state index contributed by atoms with van der Waals surface area (Å²) in [5.74, 6) is 0. The van der Waals surface area contributed by atoms with Crippen molar-refractivity contribution in [3.05, 3.63) is 28.7 Å². The Morgan fingerprint density at radius 2 is 2.11 bits per heavy atom. The first kappa shape index (κ1) is 13.2. The number of benzene rings is 1. The van der Waals surface area contributed by atoms with Gasteiger partial charge in [0.1, 0.15) is 0 Å².